The van der Waals surface area contributed by atoms with Crippen LogP contribution < -0.4 is 4.90 Å². The van der Waals surface area contributed by atoms with Crippen molar-refractivity contribution in [3.63, 3.8) is 0 Å². The van der Waals surface area contributed by atoms with Crippen molar-refractivity contribution in [2.75, 3.05) is 30.3 Å². The number of H-pyrrole nitrogens is 1. The number of nitrogens with zero attached hydrogens (tertiary/aromatic N) is 4. The molecule has 0 amide bonds. The number of aromatic nitrogens is 4. The molecule has 32 heavy (non-hydrogen) atoms. The smallest absolute Gasteiger partial charge is 0.228 e. The van der Waals surface area contributed by atoms with Crippen molar-refractivity contribution >= 4 is 34.4 Å². The summed E-state index contributed by atoms with van der Waals surface area (Å²) in [6, 6.07) is 7.98. The highest BCUT2D eigenvalue weighted by Gasteiger charge is 2.26. The van der Waals surface area contributed by atoms with Crippen LogP contribution in [0, 0.1) is 12.8 Å². The molecule has 2 fully saturated rings. The highest BCUT2D eigenvalue weighted by atomic mass is 32.2. The van der Waals surface area contributed by atoms with E-state index in [2.05, 4.69) is 31.6 Å². The minimum atomic E-state index is 0.116. The maximum absolute atomic E-state index is 13.2. The molecule has 0 radical (unpaired) electrons. The van der Waals surface area contributed by atoms with Crippen LogP contribution in [-0.2, 0) is 11.3 Å². The predicted octanol–water partition coefficient (Wildman–Crippen LogP) is 4.46. The minimum Gasteiger partial charge on any atom is -0.376 e. The van der Waals surface area contributed by atoms with Crippen molar-refractivity contribution in [3.05, 3.63) is 35.5 Å². The van der Waals surface area contributed by atoms with Gasteiger partial charge in [0, 0.05) is 41.9 Å². The summed E-state index contributed by atoms with van der Waals surface area (Å²) < 4.78 is 8.10. The first-order chi connectivity index (χ1) is 15.6. The number of para-hydroxylation sites is 1. The van der Waals surface area contributed by atoms with E-state index in [0.717, 1.165) is 78.3 Å². The molecule has 4 heterocycles. The first-order valence-corrected chi connectivity index (χ1v) is 12.6. The Balaban J connectivity index is 1.36. The molecule has 1 N–H and O–H groups in total. The fourth-order valence-corrected chi connectivity index (χ4v) is 5.64. The molecule has 5 rings (SSSR count). The van der Waals surface area contributed by atoms with Crippen LogP contribution in [0.25, 0.3) is 10.9 Å². The Kier molecular flexibility index (Phi) is 6.24. The molecule has 0 aliphatic carbocycles. The monoisotopic (exact) mass is 453 g/mol. The third-order valence-corrected chi connectivity index (χ3v) is 7.65. The normalized spacial score (nSPS) is 19.8. The van der Waals surface area contributed by atoms with Crippen molar-refractivity contribution in [2.24, 2.45) is 5.92 Å². The minimum absolute atomic E-state index is 0.116. The predicted molar refractivity (Wildman–Crippen MR) is 128 cm³/mol. The maximum atomic E-state index is 13.2. The highest BCUT2D eigenvalue weighted by molar-refractivity contribution is 7.99. The molecule has 0 bridgehead atoms. The number of aromatic amines is 1. The van der Waals surface area contributed by atoms with Crippen molar-refractivity contribution in [3.8, 4) is 0 Å². The molecule has 0 spiro atoms. The number of carbonyl (C=O) groups is 1. The van der Waals surface area contributed by atoms with Gasteiger partial charge in [0.15, 0.2) is 10.9 Å². The lowest BCUT2D eigenvalue weighted by molar-refractivity contribution is 0.0951. The molecule has 0 saturated carbocycles. The lowest BCUT2D eigenvalue weighted by Gasteiger charge is -2.31. The van der Waals surface area contributed by atoms with Crippen LogP contribution in [0.1, 0.15) is 48.7 Å². The number of thioether (sulfide) groups is 1. The Morgan fingerprint density at radius 2 is 2.03 bits per heavy atom. The van der Waals surface area contributed by atoms with Gasteiger partial charge in [-0.1, -0.05) is 36.9 Å². The lowest BCUT2D eigenvalue weighted by Crippen LogP contribution is -2.35. The lowest BCUT2D eigenvalue weighted by atomic mass is 10.00. The Labute approximate surface area is 192 Å². The average molecular weight is 454 g/mol. The van der Waals surface area contributed by atoms with Crippen molar-refractivity contribution in [1.82, 2.24) is 19.7 Å². The molecule has 1 unspecified atom stereocenters. The molecule has 1 aromatic carbocycles. The van der Waals surface area contributed by atoms with Crippen LogP contribution in [0.4, 0.5) is 5.95 Å². The molecular weight excluding hydrogens is 422 g/mol. The van der Waals surface area contributed by atoms with E-state index in [1.807, 2.05) is 31.2 Å². The van der Waals surface area contributed by atoms with E-state index in [1.165, 1.54) is 24.6 Å². The van der Waals surface area contributed by atoms with Crippen LogP contribution in [-0.4, -0.2) is 57.1 Å². The number of fused-ring (bicyclic) bond motifs is 1. The number of aryl methyl sites for hydroxylation is 1. The second-order valence-electron chi connectivity index (χ2n) is 9.08. The standard InChI is InChI=1S/C24H31N5O2S/c1-16-9-11-28(12-10-16)23-26-27-24(29(23)14-18-6-5-13-31-18)32-15-21(30)22-17(2)25-20-8-4-3-7-19(20)22/h3-4,7-8,16,18,25H,5-6,9-15H2,1-2H3. The number of piperidine rings is 1. The molecule has 7 nitrogen and oxygen atoms in total. The molecular formula is C24H31N5O2S. The number of ketones is 1. The van der Waals surface area contributed by atoms with Crippen molar-refractivity contribution in [2.45, 2.75) is 57.3 Å². The SMILES string of the molecule is Cc1[nH]c2ccccc2c1C(=O)CSc1nnc(N2CCC(C)CC2)n1CC1CCCO1. The molecule has 2 aromatic heterocycles. The Hall–Kier alpha value is -2.32. The molecule has 8 heteroatoms. The number of nitrogens with one attached hydrogen (secondary N) is 1. The zero-order valence-electron chi connectivity index (χ0n) is 18.8. The van der Waals surface area contributed by atoms with Crippen LogP contribution in [0.2, 0.25) is 0 Å². The second kappa shape index (κ2) is 9.27. The van der Waals surface area contributed by atoms with E-state index >= 15 is 0 Å². The molecule has 2 saturated heterocycles. The zero-order chi connectivity index (χ0) is 22.1. The van der Waals surface area contributed by atoms with Gasteiger partial charge in [-0.25, -0.2) is 0 Å². The van der Waals surface area contributed by atoms with Gasteiger partial charge in [-0.3, -0.25) is 9.36 Å². The summed E-state index contributed by atoms with van der Waals surface area (Å²) in [4.78, 5) is 18.9. The van der Waals surface area contributed by atoms with E-state index in [4.69, 9.17) is 4.74 Å². The number of anilines is 1. The van der Waals surface area contributed by atoms with Gasteiger partial charge in [-0.2, -0.15) is 0 Å². The Morgan fingerprint density at radius 1 is 1.22 bits per heavy atom. The number of rotatable bonds is 7. The van der Waals surface area contributed by atoms with Crippen molar-refractivity contribution < 1.29 is 9.53 Å². The maximum Gasteiger partial charge on any atom is 0.228 e. The Bertz CT molecular complexity index is 1090. The average Bonchev–Trinajstić information content (AvgIpc) is 3.52. The first-order valence-electron chi connectivity index (χ1n) is 11.6. The second-order valence-corrected chi connectivity index (χ2v) is 10.0. The summed E-state index contributed by atoms with van der Waals surface area (Å²) in [6.07, 6.45) is 4.71. The fourth-order valence-electron chi connectivity index (χ4n) is 4.82. The topological polar surface area (TPSA) is 76.0 Å². The summed E-state index contributed by atoms with van der Waals surface area (Å²) in [6.45, 7) is 7.86. The Morgan fingerprint density at radius 3 is 2.81 bits per heavy atom. The summed E-state index contributed by atoms with van der Waals surface area (Å²) in [5.74, 6) is 2.13. The van der Waals surface area contributed by atoms with E-state index in [9.17, 15) is 4.79 Å². The molecule has 1 atom stereocenters. The number of benzene rings is 1. The third kappa shape index (κ3) is 4.30. The van der Waals surface area contributed by atoms with Gasteiger partial charge < -0.3 is 14.6 Å². The number of hydrogen-bond donors (Lipinski definition) is 1. The van der Waals surface area contributed by atoms with E-state index in [-0.39, 0.29) is 11.9 Å². The number of Topliss-reactive ketones (excluding diaryl/α,β-unsaturated/α-hetero) is 1. The third-order valence-electron chi connectivity index (χ3n) is 6.68. The fraction of sp³-hybridized carbons (Fsp3) is 0.542. The molecule has 170 valence electrons. The van der Waals surface area contributed by atoms with Crippen LogP contribution in [0.15, 0.2) is 29.4 Å². The van der Waals surface area contributed by atoms with E-state index in [1.54, 1.807) is 0 Å². The van der Waals surface area contributed by atoms with Gasteiger partial charge in [-0.15, -0.1) is 10.2 Å². The van der Waals surface area contributed by atoms with Crippen LogP contribution >= 0.6 is 11.8 Å². The van der Waals surface area contributed by atoms with E-state index < -0.39 is 0 Å². The van der Waals surface area contributed by atoms with Gasteiger partial charge in [0.25, 0.3) is 0 Å². The summed E-state index contributed by atoms with van der Waals surface area (Å²) >= 11 is 1.48. The van der Waals surface area contributed by atoms with Gasteiger partial charge in [0.2, 0.25) is 5.95 Å². The highest BCUT2D eigenvalue weighted by Crippen LogP contribution is 2.30. The van der Waals surface area contributed by atoms with Crippen LogP contribution in [0.5, 0.6) is 0 Å². The van der Waals surface area contributed by atoms with Gasteiger partial charge >= 0.3 is 0 Å². The van der Waals surface area contributed by atoms with Gasteiger partial charge in [0.05, 0.1) is 18.4 Å². The molecule has 2 aliphatic rings. The largest absolute Gasteiger partial charge is 0.376 e. The van der Waals surface area contributed by atoms with Gasteiger partial charge in [-0.05, 0) is 44.6 Å². The summed E-state index contributed by atoms with van der Waals surface area (Å²) in [5, 5.41) is 10.9. The van der Waals surface area contributed by atoms with Crippen LogP contribution in [0.3, 0.4) is 0 Å². The quantitative estimate of drug-likeness (QED) is 0.421. The number of ether oxygens (including phenoxy) is 1. The molecule has 3 aromatic rings. The van der Waals surface area contributed by atoms with E-state index in [0.29, 0.717) is 5.75 Å². The molecule has 2 aliphatic heterocycles. The van der Waals surface area contributed by atoms with Gasteiger partial charge in [0.1, 0.15) is 0 Å². The zero-order valence-corrected chi connectivity index (χ0v) is 19.7. The number of hydrogen-bond acceptors (Lipinski definition) is 6. The first kappa shape index (κ1) is 21.5. The summed E-state index contributed by atoms with van der Waals surface area (Å²) in [7, 11) is 0. The number of carbonyl (C=O) groups excluding carboxylic acids is 1. The van der Waals surface area contributed by atoms with Crippen molar-refractivity contribution in [1.29, 1.82) is 0 Å². The summed E-state index contributed by atoms with van der Waals surface area (Å²) in [5.41, 5.74) is 2.70.